The number of aliphatic hydroxyl groups is 1. The number of piperazine rings is 1. The summed E-state index contributed by atoms with van der Waals surface area (Å²) in [5, 5.41) is 13.5. The van der Waals surface area contributed by atoms with Crippen molar-refractivity contribution in [1.29, 1.82) is 0 Å². The Balaban J connectivity index is 1.40. The molecule has 2 N–H and O–H groups in total. The van der Waals surface area contributed by atoms with E-state index in [9.17, 15) is 0 Å². The predicted molar refractivity (Wildman–Crippen MR) is 126 cm³/mol. The minimum absolute atomic E-state index is 0.0816. The summed E-state index contributed by atoms with van der Waals surface area (Å²) in [6.07, 6.45) is 0. The van der Waals surface area contributed by atoms with Gasteiger partial charge in [-0.15, -0.1) is 0 Å². The Hall–Kier alpha value is -1.86. The zero-order chi connectivity index (χ0) is 20.8. The molecule has 1 atom stereocenters. The monoisotopic (exact) mass is 424 g/mol. The van der Waals surface area contributed by atoms with Crippen molar-refractivity contribution in [1.82, 2.24) is 15.1 Å². The molecule has 5 nitrogen and oxygen atoms in total. The highest BCUT2D eigenvalue weighted by Crippen LogP contribution is 2.35. The van der Waals surface area contributed by atoms with Crippen LogP contribution in [-0.4, -0.2) is 77.2 Å². The maximum Gasteiger partial charge on any atom is 0.159 e. The number of thioether (sulfide) groups is 1. The van der Waals surface area contributed by atoms with E-state index in [1.807, 2.05) is 11.8 Å². The van der Waals surface area contributed by atoms with Crippen LogP contribution in [0.15, 0.2) is 65.7 Å². The largest absolute Gasteiger partial charge is 0.395 e. The van der Waals surface area contributed by atoms with Crippen molar-refractivity contribution in [3.63, 3.8) is 0 Å². The van der Waals surface area contributed by atoms with E-state index in [2.05, 4.69) is 82.7 Å². The van der Waals surface area contributed by atoms with Crippen molar-refractivity contribution in [2.75, 3.05) is 52.4 Å². The third kappa shape index (κ3) is 5.06. The van der Waals surface area contributed by atoms with Gasteiger partial charge in [-0.25, -0.2) is 0 Å². The molecule has 2 heterocycles. The van der Waals surface area contributed by atoms with Crippen molar-refractivity contribution in [2.24, 2.45) is 4.99 Å². The zero-order valence-corrected chi connectivity index (χ0v) is 18.5. The van der Waals surface area contributed by atoms with Gasteiger partial charge in [-0.3, -0.25) is 9.89 Å². The Morgan fingerprint density at radius 3 is 2.17 bits per heavy atom. The van der Waals surface area contributed by atoms with Crippen LogP contribution >= 0.6 is 11.8 Å². The van der Waals surface area contributed by atoms with E-state index in [4.69, 9.17) is 10.1 Å². The minimum Gasteiger partial charge on any atom is -0.395 e. The number of amidine groups is 1. The Bertz CT molecular complexity index is 784. The van der Waals surface area contributed by atoms with E-state index < -0.39 is 0 Å². The lowest BCUT2D eigenvalue weighted by atomic mass is 9.96. The van der Waals surface area contributed by atoms with E-state index in [0.29, 0.717) is 12.6 Å². The number of hydrogen-bond acceptors (Lipinski definition) is 6. The first-order valence-electron chi connectivity index (χ1n) is 10.8. The molecule has 160 valence electrons. The maximum absolute atomic E-state index is 9.00. The summed E-state index contributed by atoms with van der Waals surface area (Å²) in [5.74, 6) is 0. The van der Waals surface area contributed by atoms with Crippen LogP contribution in [0.1, 0.15) is 24.1 Å². The lowest BCUT2D eigenvalue weighted by Crippen LogP contribution is -2.49. The van der Waals surface area contributed by atoms with Gasteiger partial charge in [0, 0.05) is 39.3 Å². The van der Waals surface area contributed by atoms with Crippen LogP contribution in [0.5, 0.6) is 0 Å². The zero-order valence-electron chi connectivity index (χ0n) is 17.7. The molecule has 2 aromatic rings. The summed E-state index contributed by atoms with van der Waals surface area (Å²) < 4.78 is 0.0816. The average Bonchev–Trinajstić information content (AvgIpc) is 3.18. The van der Waals surface area contributed by atoms with E-state index in [1.165, 1.54) is 16.3 Å². The Morgan fingerprint density at radius 1 is 1.00 bits per heavy atom. The van der Waals surface area contributed by atoms with Gasteiger partial charge in [0.25, 0.3) is 0 Å². The van der Waals surface area contributed by atoms with Crippen molar-refractivity contribution in [3.8, 4) is 0 Å². The summed E-state index contributed by atoms with van der Waals surface area (Å²) in [6, 6.07) is 22.0. The molecule has 2 aliphatic heterocycles. The molecule has 4 rings (SSSR count). The summed E-state index contributed by atoms with van der Waals surface area (Å²) in [5.41, 5.74) is 2.71. The molecule has 0 radical (unpaired) electrons. The van der Waals surface area contributed by atoms with Gasteiger partial charge in [0.05, 0.1) is 23.9 Å². The summed E-state index contributed by atoms with van der Waals surface area (Å²) >= 11 is 1.89. The fourth-order valence-corrected chi connectivity index (χ4v) is 5.45. The second kappa shape index (κ2) is 9.96. The minimum atomic E-state index is 0.0816. The summed E-state index contributed by atoms with van der Waals surface area (Å²) in [4.78, 5) is 9.91. The van der Waals surface area contributed by atoms with Gasteiger partial charge in [-0.1, -0.05) is 72.4 Å². The molecule has 0 aliphatic carbocycles. The number of nitrogens with one attached hydrogen (secondary N) is 1. The second-order valence-corrected chi connectivity index (χ2v) is 9.85. The van der Waals surface area contributed by atoms with Crippen LogP contribution < -0.4 is 5.32 Å². The third-order valence-electron chi connectivity index (χ3n) is 5.85. The summed E-state index contributed by atoms with van der Waals surface area (Å²) in [6.45, 7) is 8.84. The number of aliphatic hydroxyl groups excluding tert-OH is 1. The number of hydrogen-bond donors (Lipinski definition) is 2. The topological polar surface area (TPSA) is 51.1 Å². The SMILES string of the molecule is CC1(CNCCO)CN=C(N2CCN(C(c3ccccc3)c3ccccc3)CC2)S1. The Morgan fingerprint density at radius 2 is 1.60 bits per heavy atom. The first kappa shape index (κ1) is 21.4. The van der Waals surface area contributed by atoms with E-state index in [0.717, 1.165) is 39.3 Å². The highest BCUT2D eigenvalue weighted by atomic mass is 32.2. The molecule has 1 unspecified atom stereocenters. The molecule has 1 fully saturated rings. The van der Waals surface area contributed by atoms with Crippen molar-refractivity contribution in [2.45, 2.75) is 17.7 Å². The van der Waals surface area contributed by atoms with Gasteiger partial charge in [0.2, 0.25) is 0 Å². The van der Waals surface area contributed by atoms with E-state index >= 15 is 0 Å². The fourth-order valence-electron chi connectivity index (χ4n) is 4.26. The van der Waals surface area contributed by atoms with Crippen LogP contribution in [0.4, 0.5) is 0 Å². The molecule has 0 amide bonds. The van der Waals surface area contributed by atoms with Crippen LogP contribution in [0.25, 0.3) is 0 Å². The molecular formula is C24H32N4OS. The lowest BCUT2D eigenvalue weighted by Gasteiger charge is -2.40. The number of rotatable bonds is 7. The van der Waals surface area contributed by atoms with Gasteiger partial charge in [-0.2, -0.15) is 0 Å². The molecule has 2 aliphatic rings. The number of benzene rings is 2. The van der Waals surface area contributed by atoms with Gasteiger partial charge in [0.15, 0.2) is 5.17 Å². The van der Waals surface area contributed by atoms with Crippen LogP contribution in [0, 0.1) is 0 Å². The molecule has 0 bridgehead atoms. The van der Waals surface area contributed by atoms with Crippen LogP contribution in [0.2, 0.25) is 0 Å². The normalized spacial score (nSPS) is 22.5. The standard InChI is InChI=1S/C24H32N4OS/c1-24(18-25-12-17-29)19-26-23(30-24)28-15-13-27(14-16-28)22(20-8-4-2-5-9-20)21-10-6-3-7-11-21/h2-11,22,25,29H,12-19H2,1H3. The highest BCUT2D eigenvalue weighted by molar-refractivity contribution is 8.15. The van der Waals surface area contributed by atoms with E-state index in [-0.39, 0.29) is 11.4 Å². The first-order chi connectivity index (χ1) is 14.7. The number of aliphatic imine (C=N–C) groups is 1. The molecule has 0 saturated carbocycles. The van der Waals surface area contributed by atoms with E-state index in [1.54, 1.807) is 0 Å². The summed E-state index contributed by atoms with van der Waals surface area (Å²) in [7, 11) is 0. The molecule has 0 spiro atoms. The molecule has 0 aromatic heterocycles. The lowest BCUT2D eigenvalue weighted by molar-refractivity contribution is 0.152. The highest BCUT2D eigenvalue weighted by Gasteiger charge is 2.36. The molecule has 1 saturated heterocycles. The van der Waals surface area contributed by atoms with Crippen molar-refractivity contribution < 1.29 is 5.11 Å². The molecule has 2 aromatic carbocycles. The smallest absolute Gasteiger partial charge is 0.159 e. The number of nitrogens with zero attached hydrogens (tertiary/aromatic N) is 3. The first-order valence-corrected chi connectivity index (χ1v) is 11.6. The third-order valence-corrected chi connectivity index (χ3v) is 7.19. The van der Waals surface area contributed by atoms with Gasteiger partial charge in [0.1, 0.15) is 0 Å². The quantitative estimate of drug-likeness (QED) is 0.670. The Labute approximate surface area is 184 Å². The second-order valence-electron chi connectivity index (χ2n) is 8.30. The van der Waals surface area contributed by atoms with Crippen molar-refractivity contribution in [3.05, 3.63) is 71.8 Å². The van der Waals surface area contributed by atoms with Gasteiger partial charge in [-0.05, 0) is 18.1 Å². The Kier molecular flexibility index (Phi) is 7.10. The molecule has 6 heteroatoms. The average molecular weight is 425 g/mol. The fraction of sp³-hybridized carbons (Fsp3) is 0.458. The van der Waals surface area contributed by atoms with Gasteiger partial charge < -0.3 is 15.3 Å². The van der Waals surface area contributed by atoms with Crippen molar-refractivity contribution >= 4 is 16.9 Å². The predicted octanol–water partition coefficient (Wildman–Crippen LogP) is 2.84. The molecule has 30 heavy (non-hydrogen) atoms. The van der Waals surface area contributed by atoms with Crippen LogP contribution in [-0.2, 0) is 0 Å². The van der Waals surface area contributed by atoms with Gasteiger partial charge >= 0.3 is 0 Å². The van der Waals surface area contributed by atoms with Crippen LogP contribution in [0.3, 0.4) is 0 Å². The molecular weight excluding hydrogens is 392 g/mol. The maximum atomic E-state index is 9.00.